The summed E-state index contributed by atoms with van der Waals surface area (Å²) in [5.74, 6) is -1.20. The van der Waals surface area contributed by atoms with Gasteiger partial charge in [-0.05, 0) is 56.2 Å². The van der Waals surface area contributed by atoms with Crippen LogP contribution < -0.4 is 10.1 Å². The van der Waals surface area contributed by atoms with Gasteiger partial charge in [0.15, 0.2) is 0 Å². The van der Waals surface area contributed by atoms with Crippen LogP contribution in [0.15, 0.2) is 54.9 Å². The van der Waals surface area contributed by atoms with E-state index in [2.05, 4.69) is 15.3 Å². The van der Waals surface area contributed by atoms with Gasteiger partial charge in [0.2, 0.25) is 0 Å². The molecule has 0 bridgehead atoms. The molecule has 0 aliphatic rings. The molecule has 8 heteroatoms. The van der Waals surface area contributed by atoms with Gasteiger partial charge in [-0.3, -0.25) is 9.59 Å². The Hall–Kier alpha value is -3.45. The fourth-order valence-corrected chi connectivity index (χ4v) is 2.71. The van der Waals surface area contributed by atoms with E-state index in [1.807, 2.05) is 19.1 Å². The maximum Gasteiger partial charge on any atom is 0.316 e. The minimum atomic E-state index is -1.04. The van der Waals surface area contributed by atoms with Crippen LogP contribution in [0, 0.1) is 12.3 Å². The number of carbonyl (C=O) groups is 2. The summed E-state index contributed by atoms with van der Waals surface area (Å²) < 4.78 is 5.38. The summed E-state index contributed by atoms with van der Waals surface area (Å²) in [4.78, 5) is 31.8. The number of nitrogens with one attached hydrogen (secondary N) is 1. The summed E-state index contributed by atoms with van der Waals surface area (Å²) in [6.45, 7) is 4.97. The van der Waals surface area contributed by atoms with Gasteiger partial charge in [0, 0.05) is 34.2 Å². The highest BCUT2D eigenvalue weighted by Crippen LogP contribution is 2.23. The first-order valence-corrected chi connectivity index (χ1v) is 9.90. The van der Waals surface area contributed by atoms with Gasteiger partial charge in [-0.1, -0.05) is 29.8 Å². The third-order valence-electron chi connectivity index (χ3n) is 4.68. The molecule has 1 aromatic heterocycles. The molecule has 3 rings (SSSR count). The highest BCUT2D eigenvalue weighted by molar-refractivity contribution is 6.31. The average molecular weight is 440 g/mol. The number of carboxylic acids is 1. The van der Waals surface area contributed by atoms with Crippen molar-refractivity contribution in [3.63, 3.8) is 0 Å². The lowest BCUT2D eigenvalue weighted by Crippen LogP contribution is -2.31. The molecule has 7 nitrogen and oxygen atoms in total. The number of hydrogen-bond donors (Lipinski definition) is 2. The van der Waals surface area contributed by atoms with Crippen molar-refractivity contribution in [2.45, 2.75) is 20.8 Å². The molecule has 0 saturated carbocycles. The van der Waals surface area contributed by atoms with E-state index < -0.39 is 11.4 Å². The first-order chi connectivity index (χ1) is 14.7. The Morgan fingerprint density at radius 1 is 1.06 bits per heavy atom. The number of carbonyl (C=O) groups excluding carboxylic acids is 1. The summed E-state index contributed by atoms with van der Waals surface area (Å²) in [6, 6.07) is 12.5. The van der Waals surface area contributed by atoms with E-state index in [9.17, 15) is 9.59 Å². The van der Waals surface area contributed by atoms with Crippen LogP contribution in [0.25, 0.3) is 11.1 Å². The molecule has 2 N–H and O–H groups in total. The maximum atomic E-state index is 12.4. The highest BCUT2D eigenvalue weighted by atomic mass is 35.5. The van der Waals surface area contributed by atoms with Gasteiger partial charge in [0.1, 0.15) is 6.61 Å². The molecule has 1 amide bonds. The first-order valence-electron chi connectivity index (χ1n) is 9.52. The fraction of sp³-hybridized carbons (Fsp3) is 0.217. The van der Waals surface area contributed by atoms with Crippen LogP contribution in [0.2, 0.25) is 5.02 Å². The summed E-state index contributed by atoms with van der Waals surface area (Å²) in [5, 5.41) is 12.5. The monoisotopic (exact) mass is 439 g/mol. The van der Waals surface area contributed by atoms with Gasteiger partial charge in [-0.25, -0.2) is 9.97 Å². The number of amides is 1. The molecule has 0 saturated heterocycles. The van der Waals surface area contributed by atoms with E-state index in [1.54, 1.807) is 56.6 Å². The normalized spacial score (nSPS) is 11.1. The summed E-state index contributed by atoms with van der Waals surface area (Å²) in [5.41, 5.74) is 2.61. The zero-order valence-corrected chi connectivity index (χ0v) is 18.1. The molecule has 0 fully saturated rings. The fourth-order valence-electron chi connectivity index (χ4n) is 2.53. The number of hydrogen-bond acceptors (Lipinski definition) is 5. The third-order valence-corrected chi connectivity index (χ3v) is 5.09. The van der Waals surface area contributed by atoms with Gasteiger partial charge in [0.05, 0.1) is 5.41 Å². The van der Waals surface area contributed by atoms with Crippen molar-refractivity contribution in [3.8, 4) is 17.1 Å². The summed E-state index contributed by atoms with van der Waals surface area (Å²) >= 11 is 6.09. The Morgan fingerprint density at radius 3 is 2.29 bits per heavy atom. The number of aliphatic carboxylic acids is 1. The van der Waals surface area contributed by atoms with Crippen molar-refractivity contribution in [3.05, 3.63) is 71.0 Å². The zero-order chi connectivity index (χ0) is 22.6. The Balaban J connectivity index is 1.63. The van der Waals surface area contributed by atoms with Crippen LogP contribution in [-0.2, 0) is 4.79 Å². The number of aromatic nitrogens is 2. The topological polar surface area (TPSA) is 101 Å². The predicted octanol–water partition coefficient (Wildman–Crippen LogP) is 4.85. The van der Waals surface area contributed by atoms with Crippen molar-refractivity contribution in [2.75, 3.05) is 11.9 Å². The van der Waals surface area contributed by atoms with Gasteiger partial charge < -0.3 is 15.2 Å². The molecule has 0 unspecified atom stereocenters. The van der Waals surface area contributed by atoms with Crippen molar-refractivity contribution in [1.29, 1.82) is 0 Å². The van der Waals surface area contributed by atoms with Crippen LogP contribution in [0.4, 0.5) is 5.69 Å². The Morgan fingerprint density at radius 2 is 1.71 bits per heavy atom. The minimum absolute atomic E-state index is 0.0394. The molecule has 31 heavy (non-hydrogen) atoms. The van der Waals surface area contributed by atoms with E-state index in [-0.39, 0.29) is 18.5 Å². The van der Waals surface area contributed by atoms with E-state index >= 15 is 0 Å². The van der Waals surface area contributed by atoms with Crippen LogP contribution >= 0.6 is 11.6 Å². The largest absolute Gasteiger partial charge is 0.481 e. The number of carboxylic acid groups (broad SMARTS) is 1. The van der Waals surface area contributed by atoms with E-state index in [1.165, 1.54) is 0 Å². The molecular weight excluding hydrogens is 418 g/mol. The smallest absolute Gasteiger partial charge is 0.316 e. The number of anilines is 1. The standard InChI is InChI=1S/C23H22ClN3O4/c1-14-4-5-16(10-19(14)24)20(28)27-18-8-6-15(7-9-18)17-11-25-22(26-12-17)31-13-23(2,3)21(29)30/h4-12H,13H2,1-3H3,(H,27,28)(H,29,30). The second-order valence-corrected chi connectivity index (χ2v) is 8.13. The van der Waals surface area contributed by atoms with Crippen molar-refractivity contribution >= 4 is 29.2 Å². The first kappa shape index (κ1) is 22.2. The van der Waals surface area contributed by atoms with Gasteiger partial charge in [-0.2, -0.15) is 0 Å². The van der Waals surface area contributed by atoms with E-state index in [0.29, 0.717) is 16.3 Å². The lowest BCUT2D eigenvalue weighted by atomic mass is 9.95. The molecule has 0 atom stereocenters. The molecular formula is C23H22ClN3O4. The lowest BCUT2D eigenvalue weighted by molar-refractivity contribution is -0.148. The number of halogens is 1. The molecule has 0 spiro atoms. The molecule has 0 aliphatic heterocycles. The highest BCUT2D eigenvalue weighted by Gasteiger charge is 2.28. The molecule has 0 aliphatic carbocycles. The number of rotatable bonds is 7. The van der Waals surface area contributed by atoms with Gasteiger partial charge in [-0.15, -0.1) is 0 Å². The maximum absolute atomic E-state index is 12.4. The number of ether oxygens (including phenoxy) is 1. The Bertz CT molecular complexity index is 1100. The summed E-state index contributed by atoms with van der Waals surface area (Å²) in [6.07, 6.45) is 3.19. The predicted molar refractivity (Wildman–Crippen MR) is 119 cm³/mol. The molecule has 0 radical (unpaired) electrons. The second kappa shape index (κ2) is 9.14. The number of aryl methyl sites for hydroxylation is 1. The van der Waals surface area contributed by atoms with E-state index in [0.717, 1.165) is 16.7 Å². The van der Waals surface area contributed by atoms with Crippen LogP contribution in [-0.4, -0.2) is 33.6 Å². The average Bonchev–Trinajstić information content (AvgIpc) is 2.75. The van der Waals surface area contributed by atoms with Crippen molar-refractivity contribution < 1.29 is 19.4 Å². The quantitative estimate of drug-likeness (QED) is 0.545. The van der Waals surface area contributed by atoms with Crippen LogP contribution in [0.5, 0.6) is 6.01 Å². The van der Waals surface area contributed by atoms with Crippen LogP contribution in [0.1, 0.15) is 29.8 Å². The van der Waals surface area contributed by atoms with Crippen molar-refractivity contribution in [2.24, 2.45) is 5.41 Å². The second-order valence-electron chi connectivity index (χ2n) is 7.73. The number of benzene rings is 2. The third kappa shape index (κ3) is 5.58. The minimum Gasteiger partial charge on any atom is -0.481 e. The van der Waals surface area contributed by atoms with E-state index in [4.69, 9.17) is 21.4 Å². The Labute approximate surface area is 185 Å². The Kier molecular flexibility index (Phi) is 6.56. The summed E-state index contributed by atoms with van der Waals surface area (Å²) in [7, 11) is 0. The van der Waals surface area contributed by atoms with Crippen molar-refractivity contribution in [1.82, 2.24) is 9.97 Å². The number of nitrogens with zero attached hydrogens (tertiary/aromatic N) is 2. The molecule has 2 aromatic carbocycles. The SMILES string of the molecule is Cc1ccc(C(=O)Nc2ccc(-c3cnc(OCC(C)(C)C(=O)O)nc3)cc2)cc1Cl. The van der Waals surface area contributed by atoms with Gasteiger partial charge in [0.25, 0.3) is 5.91 Å². The lowest BCUT2D eigenvalue weighted by Gasteiger charge is -2.18. The zero-order valence-electron chi connectivity index (χ0n) is 17.3. The van der Waals surface area contributed by atoms with Gasteiger partial charge >= 0.3 is 12.0 Å². The molecule has 1 heterocycles. The molecule has 3 aromatic rings. The van der Waals surface area contributed by atoms with Crippen LogP contribution in [0.3, 0.4) is 0 Å². The molecule has 160 valence electrons.